The molecule has 0 saturated heterocycles. The van der Waals surface area contributed by atoms with Crippen molar-refractivity contribution in [2.45, 2.75) is 39.7 Å². The van der Waals surface area contributed by atoms with Crippen LogP contribution in [0.4, 0.5) is 11.8 Å². The fourth-order valence-electron chi connectivity index (χ4n) is 1.63. The molecule has 2 rings (SSSR count). The summed E-state index contributed by atoms with van der Waals surface area (Å²) in [4.78, 5) is 3.28. The molecular formula is C9H16ClN4+. The predicted octanol–water partition coefficient (Wildman–Crippen LogP) is 3.16. The van der Waals surface area contributed by atoms with Crippen LogP contribution in [0.2, 0.25) is 0 Å². The molecule has 2 heterocycles. The number of hydrogen-bond acceptors (Lipinski definition) is 2. The van der Waals surface area contributed by atoms with E-state index in [0.29, 0.717) is 12.0 Å². The number of nitrogens with one attached hydrogen (secondary N) is 1. The van der Waals surface area contributed by atoms with Crippen molar-refractivity contribution in [3.05, 3.63) is 5.69 Å². The maximum atomic E-state index is 4.14. The molecule has 1 aromatic rings. The van der Waals surface area contributed by atoms with Gasteiger partial charge in [0, 0.05) is 11.0 Å². The lowest BCUT2D eigenvalue weighted by molar-refractivity contribution is -0.686. The third-order valence-corrected chi connectivity index (χ3v) is 2.28. The normalized spacial score (nSPS) is 12.7. The van der Waals surface area contributed by atoms with E-state index in [0.717, 1.165) is 11.8 Å². The van der Waals surface area contributed by atoms with Gasteiger partial charge in [-0.3, -0.25) is 4.98 Å². The summed E-state index contributed by atoms with van der Waals surface area (Å²) in [5.74, 6) is 2.36. The number of aromatic amines is 1. The Morgan fingerprint density at radius 2 is 1.79 bits per heavy atom. The van der Waals surface area contributed by atoms with Gasteiger partial charge in [-0.15, -0.1) is 12.4 Å². The Bertz CT molecular complexity index is 365. The number of rotatable bonds is 2. The highest BCUT2D eigenvalue weighted by Gasteiger charge is 2.33. The minimum atomic E-state index is 0. The molecule has 0 aromatic carbocycles. The summed E-state index contributed by atoms with van der Waals surface area (Å²) in [5.41, 5.74) is 1.19. The summed E-state index contributed by atoms with van der Waals surface area (Å²) in [6, 6.07) is 0.420. The van der Waals surface area contributed by atoms with Crippen LogP contribution in [0.25, 0.3) is 0 Å². The van der Waals surface area contributed by atoms with Crippen LogP contribution in [0.3, 0.4) is 0 Å². The van der Waals surface area contributed by atoms with Crippen molar-refractivity contribution in [3.63, 3.8) is 0 Å². The van der Waals surface area contributed by atoms with Crippen LogP contribution in [0.5, 0.6) is 0 Å². The zero-order chi connectivity index (χ0) is 9.59. The second-order valence-electron chi connectivity index (χ2n) is 4.00. The fraction of sp³-hybridized carbons (Fsp3) is 0.667. The second kappa shape index (κ2) is 3.69. The minimum Gasteiger partial charge on any atom is -0.258 e. The lowest BCUT2D eigenvalue weighted by Gasteiger charge is -2.00. The first-order chi connectivity index (χ1) is 6.11. The average molecular weight is 216 g/mol. The molecule has 1 aromatic heterocycles. The number of azo groups is 1. The summed E-state index contributed by atoms with van der Waals surface area (Å²) >= 11 is 0. The minimum absolute atomic E-state index is 0. The Hall–Kier alpha value is -0.900. The van der Waals surface area contributed by atoms with E-state index in [1.54, 1.807) is 0 Å². The largest absolute Gasteiger partial charge is 0.386 e. The molecule has 2 bridgehead atoms. The SMILES string of the molecule is CC(C)c1[nH]c2[n+](C(C)C)c1N=N2.Cl. The van der Waals surface area contributed by atoms with Gasteiger partial charge in [-0.25, -0.2) is 4.57 Å². The smallest absolute Gasteiger partial charge is 0.258 e. The van der Waals surface area contributed by atoms with Crippen molar-refractivity contribution in [2.75, 3.05) is 0 Å². The third-order valence-electron chi connectivity index (χ3n) is 2.28. The average Bonchev–Trinajstić information content (AvgIpc) is 2.58. The summed E-state index contributed by atoms with van der Waals surface area (Å²) in [6.45, 7) is 8.60. The van der Waals surface area contributed by atoms with Crippen molar-refractivity contribution in [2.24, 2.45) is 10.2 Å². The standard InChI is InChI=1S/C9H14N4.ClH/c1-5(2)7-8-11-12-9(10-7)13(8)6(3)4;/h5-6H,1-4H3;1H/p+1. The van der Waals surface area contributed by atoms with Crippen LogP contribution in [0.15, 0.2) is 10.2 Å². The number of aromatic nitrogens is 2. The topological polar surface area (TPSA) is 44.4 Å². The molecule has 1 aliphatic heterocycles. The molecule has 0 saturated carbocycles. The number of H-pyrrole nitrogens is 1. The first-order valence-corrected chi connectivity index (χ1v) is 4.70. The van der Waals surface area contributed by atoms with Crippen molar-refractivity contribution in [1.82, 2.24) is 4.98 Å². The lowest BCUT2D eigenvalue weighted by Crippen LogP contribution is -2.33. The van der Waals surface area contributed by atoms with E-state index in [4.69, 9.17) is 0 Å². The van der Waals surface area contributed by atoms with Gasteiger partial charge in [0.25, 0.3) is 0 Å². The number of fused-ring (bicyclic) bond motifs is 2. The summed E-state index contributed by atoms with van der Waals surface area (Å²) < 4.78 is 2.13. The van der Waals surface area contributed by atoms with E-state index in [-0.39, 0.29) is 12.4 Å². The number of imidazole rings is 1. The first-order valence-electron chi connectivity index (χ1n) is 4.70. The summed E-state index contributed by atoms with van der Waals surface area (Å²) in [5, 5.41) is 8.18. The molecule has 0 unspecified atom stereocenters. The molecule has 0 radical (unpaired) electrons. The lowest BCUT2D eigenvalue weighted by atomic mass is 10.1. The van der Waals surface area contributed by atoms with E-state index < -0.39 is 0 Å². The molecule has 0 aliphatic carbocycles. The van der Waals surface area contributed by atoms with E-state index in [2.05, 4.69) is 47.5 Å². The maximum absolute atomic E-state index is 4.14. The monoisotopic (exact) mass is 215 g/mol. The molecule has 1 aliphatic rings. The van der Waals surface area contributed by atoms with Gasteiger partial charge in [0.1, 0.15) is 5.69 Å². The van der Waals surface area contributed by atoms with Gasteiger partial charge in [-0.1, -0.05) is 13.8 Å². The molecule has 5 heteroatoms. The van der Waals surface area contributed by atoms with Crippen molar-refractivity contribution < 1.29 is 4.57 Å². The molecule has 4 nitrogen and oxygen atoms in total. The van der Waals surface area contributed by atoms with E-state index in [9.17, 15) is 0 Å². The molecule has 0 spiro atoms. The third kappa shape index (κ3) is 1.43. The number of halogens is 1. The molecular weight excluding hydrogens is 200 g/mol. The highest BCUT2D eigenvalue weighted by molar-refractivity contribution is 5.85. The van der Waals surface area contributed by atoms with Crippen LogP contribution in [0, 0.1) is 0 Å². The Kier molecular flexibility index (Phi) is 2.95. The molecule has 78 valence electrons. The predicted molar refractivity (Wildman–Crippen MR) is 56.9 cm³/mol. The Labute approximate surface area is 89.9 Å². The van der Waals surface area contributed by atoms with Gasteiger partial charge >= 0.3 is 11.8 Å². The Morgan fingerprint density at radius 3 is 2.14 bits per heavy atom. The zero-order valence-corrected chi connectivity index (χ0v) is 9.72. The van der Waals surface area contributed by atoms with Gasteiger partial charge in [0.05, 0.1) is 11.2 Å². The van der Waals surface area contributed by atoms with Crippen LogP contribution < -0.4 is 4.57 Å². The zero-order valence-electron chi connectivity index (χ0n) is 8.90. The van der Waals surface area contributed by atoms with Crippen molar-refractivity contribution in [1.29, 1.82) is 0 Å². The molecule has 0 amide bonds. The van der Waals surface area contributed by atoms with E-state index in [1.807, 2.05) is 0 Å². The summed E-state index contributed by atoms with van der Waals surface area (Å²) in [6.07, 6.45) is 0. The van der Waals surface area contributed by atoms with Gasteiger partial charge in [-0.05, 0) is 13.8 Å². The molecule has 1 N–H and O–H groups in total. The highest BCUT2D eigenvalue weighted by atomic mass is 35.5. The highest BCUT2D eigenvalue weighted by Crippen LogP contribution is 2.32. The fourth-order valence-corrected chi connectivity index (χ4v) is 1.63. The molecule has 14 heavy (non-hydrogen) atoms. The maximum Gasteiger partial charge on any atom is 0.386 e. The van der Waals surface area contributed by atoms with Crippen LogP contribution in [-0.4, -0.2) is 4.98 Å². The number of hydrogen-bond donors (Lipinski definition) is 1. The van der Waals surface area contributed by atoms with Gasteiger partial charge in [0.15, 0.2) is 0 Å². The summed E-state index contributed by atoms with van der Waals surface area (Å²) in [7, 11) is 0. The number of nitrogens with zero attached hydrogens (tertiary/aromatic N) is 3. The van der Waals surface area contributed by atoms with Gasteiger partial charge < -0.3 is 0 Å². The van der Waals surface area contributed by atoms with Crippen molar-refractivity contribution in [3.8, 4) is 0 Å². The van der Waals surface area contributed by atoms with Crippen LogP contribution in [0.1, 0.15) is 45.3 Å². The molecule has 0 fully saturated rings. The first kappa shape index (κ1) is 11.2. The van der Waals surface area contributed by atoms with Crippen molar-refractivity contribution >= 4 is 24.2 Å². The Morgan fingerprint density at radius 1 is 1.14 bits per heavy atom. The van der Waals surface area contributed by atoms with Gasteiger partial charge in [-0.2, -0.15) is 0 Å². The van der Waals surface area contributed by atoms with Crippen LogP contribution >= 0.6 is 12.4 Å². The van der Waals surface area contributed by atoms with E-state index >= 15 is 0 Å². The second-order valence-corrected chi connectivity index (χ2v) is 4.00. The Balaban J connectivity index is 0.000000980. The van der Waals surface area contributed by atoms with Crippen LogP contribution in [-0.2, 0) is 0 Å². The molecule has 0 atom stereocenters. The quantitative estimate of drug-likeness (QED) is 0.749. The van der Waals surface area contributed by atoms with Gasteiger partial charge in [0.2, 0.25) is 0 Å². The van der Waals surface area contributed by atoms with E-state index in [1.165, 1.54) is 5.69 Å².